The number of aryl methyl sites for hydroxylation is 3. The molecule has 0 aliphatic carbocycles. The fraction of sp³-hybridized carbons (Fsp3) is 0.312. The van der Waals surface area contributed by atoms with Crippen LogP contribution >= 0.6 is 21.2 Å². The van der Waals surface area contributed by atoms with Gasteiger partial charge >= 0.3 is 0 Å². The van der Waals surface area contributed by atoms with E-state index in [1.807, 2.05) is 44.6 Å². The smallest absolute Gasteiger partial charge is 0.180 e. The van der Waals surface area contributed by atoms with Crippen molar-refractivity contribution in [3.8, 4) is 0 Å². The molecule has 0 amide bonds. The van der Waals surface area contributed by atoms with Gasteiger partial charge in [0, 0.05) is 31.0 Å². The van der Waals surface area contributed by atoms with E-state index in [1.54, 1.807) is 34.6 Å². The van der Waals surface area contributed by atoms with E-state index in [-0.39, 0.29) is 9.90 Å². The standard InChI is InChI=1S/C4H6N2.C4H5NO.C4H5NS.C4H8.H3P/c1-6-4-2-3-5-6;1-4-2-5-3-6-4;1-4-5-2-3-6-4;1-3-4-2;/h2-4H,1H3;2*2-3H,1H3;3H,1,4H2,2H3;1H3. The maximum Gasteiger partial charge on any atom is 0.180 e. The SMILES string of the molecule is C=CCC.Cc1cnco1.Cc1nccs1.Cn1cccn1.P. The van der Waals surface area contributed by atoms with Gasteiger partial charge in [-0.3, -0.25) is 9.67 Å². The summed E-state index contributed by atoms with van der Waals surface area (Å²) in [6.07, 6.45) is 11.5. The minimum absolute atomic E-state index is 0. The highest BCUT2D eigenvalue weighted by molar-refractivity contribution is 7.09. The molecule has 3 rings (SSSR count). The first-order valence-corrected chi connectivity index (χ1v) is 7.73. The second-order valence-corrected chi connectivity index (χ2v) is 5.14. The molecule has 0 aliphatic rings. The first-order valence-electron chi connectivity index (χ1n) is 6.85. The van der Waals surface area contributed by atoms with Crippen LogP contribution in [0.25, 0.3) is 0 Å². The molecule has 1 atom stereocenters. The first kappa shape index (κ1) is 23.5. The van der Waals surface area contributed by atoms with E-state index >= 15 is 0 Å². The molecule has 0 fully saturated rings. The normalized spacial score (nSPS) is 8.00. The van der Waals surface area contributed by atoms with Gasteiger partial charge in [0.15, 0.2) is 6.39 Å². The Morgan fingerprint density at radius 1 is 1.35 bits per heavy atom. The molecule has 1 unspecified atom stereocenters. The average Bonchev–Trinajstić information content (AvgIpc) is 3.26. The Morgan fingerprint density at radius 2 is 2.04 bits per heavy atom. The van der Waals surface area contributed by atoms with E-state index in [0.717, 1.165) is 17.2 Å². The van der Waals surface area contributed by atoms with Gasteiger partial charge in [0.1, 0.15) is 5.76 Å². The molecule has 128 valence electrons. The van der Waals surface area contributed by atoms with Crippen molar-refractivity contribution in [2.75, 3.05) is 0 Å². The quantitative estimate of drug-likeness (QED) is 0.477. The number of nitrogens with zero attached hydrogens (tertiary/aromatic N) is 4. The molecule has 0 radical (unpaired) electrons. The minimum atomic E-state index is 0. The Hall–Kier alpha value is -1.78. The van der Waals surface area contributed by atoms with E-state index in [4.69, 9.17) is 4.42 Å². The maximum absolute atomic E-state index is 4.72. The minimum Gasteiger partial charge on any atom is -0.449 e. The van der Waals surface area contributed by atoms with Crippen LogP contribution in [0.5, 0.6) is 0 Å². The van der Waals surface area contributed by atoms with E-state index in [0.29, 0.717) is 0 Å². The lowest BCUT2D eigenvalue weighted by Gasteiger charge is -1.77. The van der Waals surface area contributed by atoms with Crippen molar-refractivity contribution in [3.63, 3.8) is 0 Å². The van der Waals surface area contributed by atoms with E-state index < -0.39 is 0 Å². The van der Waals surface area contributed by atoms with Crippen molar-refractivity contribution in [1.29, 1.82) is 0 Å². The summed E-state index contributed by atoms with van der Waals surface area (Å²) < 4.78 is 6.47. The third-order valence-electron chi connectivity index (χ3n) is 2.04. The van der Waals surface area contributed by atoms with Crippen molar-refractivity contribution >= 4 is 21.2 Å². The Bertz CT molecular complexity index is 474. The van der Waals surface area contributed by atoms with Crippen molar-refractivity contribution < 1.29 is 4.42 Å². The summed E-state index contributed by atoms with van der Waals surface area (Å²) in [6, 6.07) is 1.89. The Balaban J connectivity index is 0. The monoisotopic (exact) mass is 354 g/mol. The van der Waals surface area contributed by atoms with Crippen LogP contribution in [-0.2, 0) is 7.05 Å². The first-order chi connectivity index (χ1) is 10.6. The summed E-state index contributed by atoms with van der Waals surface area (Å²) in [6.45, 7) is 9.39. The number of allylic oxidation sites excluding steroid dienone is 1. The van der Waals surface area contributed by atoms with Gasteiger partial charge < -0.3 is 4.42 Å². The summed E-state index contributed by atoms with van der Waals surface area (Å²) in [5, 5.41) is 6.94. The molecular formula is C16H27N4OPS. The van der Waals surface area contributed by atoms with Crippen molar-refractivity contribution in [2.45, 2.75) is 27.2 Å². The molecule has 5 nitrogen and oxygen atoms in total. The molecular weight excluding hydrogens is 327 g/mol. The number of thiazole rings is 1. The summed E-state index contributed by atoms with van der Waals surface area (Å²) in [4.78, 5) is 7.59. The molecule has 23 heavy (non-hydrogen) atoms. The Labute approximate surface area is 146 Å². The predicted molar refractivity (Wildman–Crippen MR) is 103 cm³/mol. The van der Waals surface area contributed by atoms with Crippen LogP contribution < -0.4 is 0 Å². The van der Waals surface area contributed by atoms with E-state index in [9.17, 15) is 0 Å². The number of aromatic nitrogens is 4. The lowest BCUT2D eigenvalue weighted by atomic mass is 10.5. The van der Waals surface area contributed by atoms with Gasteiger partial charge in [-0.2, -0.15) is 15.0 Å². The molecule has 0 N–H and O–H groups in total. The van der Waals surface area contributed by atoms with Gasteiger partial charge in [-0.25, -0.2) is 4.98 Å². The zero-order chi connectivity index (χ0) is 16.6. The highest BCUT2D eigenvalue weighted by atomic mass is 32.1. The van der Waals surface area contributed by atoms with Crippen LogP contribution in [0.15, 0.2) is 59.7 Å². The molecule has 3 heterocycles. The van der Waals surface area contributed by atoms with Crippen LogP contribution in [0, 0.1) is 13.8 Å². The molecule has 7 heteroatoms. The van der Waals surface area contributed by atoms with Gasteiger partial charge in [-0.05, 0) is 26.3 Å². The van der Waals surface area contributed by atoms with Crippen LogP contribution in [0.1, 0.15) is 24.1 Å². The molecule has 0 aliphatic heterocycles. The fourth-order valence-corrected chi connectivity index (χ4v) is 1.36. The summed E-state index contributed by atoms with van der Waals surface area (Å²) in [5.41, 5.74) is 0. The maximum atomic E-state index is 4.72. The van der Waals surface area contributed by atoms with Gasteiger partial charge in [0.25, 0.3) is 0 Å². The second-order valence-electron chi connectivity index (χ2n) is 4.04. The van der Waals surface area contributed by atoms with Gasteiger partial charge in [-0.15, -0.1) is 17.9 Å². The fourth-order valence-electron chi connectivity index (χ4n) is 0.919. The van der Waals surface area contributed by atoms with Gasteiger partial charge in [-0.1, -0.05) is 13.0 Å². The summed E-state index contributed by atoms with van der Waals surface area (Å²) in [7, 11) is 1.89. The lowest BCUT2D eigenvalue weighted by molar-refractivity contribution is 0.527. The summed E-state index contributed by atoms with van der Waals surface area (Å²) in [5.74, 6) is 0.856. The molecule has 0 saturated heterocycles. The number of hydrogen-bond donors (Lipinski definition) is 0. The Morgan fingerprint density at radius 3 is 2.17 bits per heavy atom. The largest absolute Gasteiger partial charge is 0.449 e. The third-order valence-corrected chi connectivity index (χ3v) is 2.74. The van der Waals surface area contributed by atoms with Crippen LogP contribution in [-0.4, -0.2) is 19.7 Å². The van der Waals surface area contributed by atoms with E-state index in [1.165, 1.54) is 6.39 Å². The number of hydrogen-bond acceptors (Lipinski definition) is 5. The van der Waals surface area contributed by atoms with Crippen LogP contribution in [0.3, 0.4) is 0 Å². The summed E-state index contributed by atoms with van der Waals surface area (Å²) >= 11 is 1.67. The zero-order valence-electron chi connectivity index (χ0n) is 14.3. The van der Waals surface area contributed by atoms with Crippen molar-refractivity contribution in [3.05, 3.63) is 66.1 Å². The predicted octanol–water partition coefficient (Wildman–Crippen LogP) is 4.50. The highest BCUT2D eigenvalue weighted by Gasteiger charge is 1.77. The van der Waals surface area contributed by atoms with E-state index in [2.05, 4.69) is 28.6 Å². The molecule has 3 aromatic heterocycles. The Kier molecular flexibility index (Phi) is 16.9. The lowest BCUT2D eigenvalue weighted by Crippen LogP contribution is -1.83. The molecule has 0 aromatic carbocycles. The van der Waals surface area contributed by atoms with Crippen LogP contribution in [0.4, 0.5) is 0 Å². The number of rotatable bonds is 1. The van der Waals surface area contributed by atoms with Crippen molar-refractivity contribution in [2.24, 2.45) is 7.05 Å². The zero-order valence-corrected chi connectivity index (χ0v) is 16.6. The van der Waals surface area contributed by atoms with Crippen LogP contribution in [0.2, 0.25) is 0 Å². The molecule has 0 bridgehead atoms. The third kappa shape index (κ3) is 16.4. The topological polar surface area (TPSA) is 56.7 Å². The highest BCUT2D eigenvalue weighted by Crippen LogP contribution is 1.98. The molecule has 0 saturated carbocycles. The van der Waals surface area contributed by atoms with Gasteiger partial charge in [0.05, 0.1) is 11.2 Å². The second kappa shape index (κ2) is 16.6. The van der Waals surface area contributed by atoms with Gasteiger partial charge in [0.2, 0.25) is 0 Å². The molecule has 0 spiro atoms. The average molecular weight is 354 g/mol. The molecule has 3 aromatic rings. The number of oxazole rings is 1. The van der Waals surface area contributed by atoms with Crippen molar-refractivity contribution in [1.82, 2.24) is 19.7 Å².